The van der Waals surface area contributed by atoms with Crippen LogP contribution in [0.1, 0.15) is 42.8 Å². The number of halogens is 1. The van der Waals surface area contributed by atoms with Gasteiger partial charge in [0.2, 0.25) is 0 Å². The Hall–Kier alpha value is -0.390. The minimum atomic E-state index is 0.383. The van der Waals surface area contributed by atoms with E-state index in [-0.39, 0.29) is 0 Å². The maximum Gasteiger partial charge on any atom is 0.0416 e. The maximum absolute atomic E-state index is 3.71. The predicted octanol–water partition coefficient (Wildman–Crippen LogP) is 5.15. The molecule has 1 N–H and O–H groups in total. The molecule has 0 aliphatic rings. The van der Waals surface area contributed by atoms with Crippen molar-refractivity contribution in [2.45, 2.75) is 32.4 Å². The van der Waals surface area contributed by atoms with Gasteiger partial charge < -0.3 is 5.32 Å². The number of thiophene rings is 1. The summed E-state index contributed by atoms with van der Waals surface area (Å²) in [4.78, 5) is 1.43. The second-order valence-corrected chi connectivity index (χ2v) is 6.64. The van der Waals surface area contributed by atoms with Gasteiger partial charge in [-0.25, -0.2) is 0 Å². The van der Waals surface area contributed by atoms with Gasteiger partial charge in [-0.2, -0.15) is 0 Å². The van der Waals surface area contributed by atoms with Crippen molar-refractivity contribution in [2.24, 2.45) is 0 Å². The summed E-state index contributed by atoms with van der Waals surface area (Å²) in [7, 11) is 0. The highest BCUT2D eigenvalue weighted by atomic mass is 127. The summed E-state index contributed by atoms with van der Waals surface area (Å²) in [6.45, 7) is 4.47. The predicted molar refractivity (Wildman–Crippen MR) is 88.1 cm³/mol. The van der Waals surface area contributed by atoms with Crippen molar-refractivity contribution >= 4 is 33.9 Å². The second kappa shape index (κ2) is 6.68. The van der Waals surface area contributed by atoms with Gasteiger partial charge in [0, 0.05) is 20.5 Å². The molecule has 0 radical (unpaired) electrons. The molecule has 2 rings (SSSR count). The van der Waals surface area contributed by atoms with Gasteiger partial charge in [0.25, 0.3) is 0 Å². The molecule has 18 heavy (non-hydrogen) atoms. The van der Waals surface area contributed by atoms with E-state index in [1.54, 1.807) is 0 Å². The Labute approximate surface area is 127 Å². The van der Waals surface area contributed by atoms with E-state index in [1.165, 1.54) is 14.0 Å². The van der Waals surface area contributed by atoms with Crippen LogP contribution in [0, 0.1) is 3.57 Å². The fourth-order valence-corrected chi connectivity index (χ4v) is 3.27. The lowest BCUT2D eigenvalue weighted by molar-refractivity contribution is 0.462. The number of hydrogen-bond donors (Lipinski definition) is 1. The van der Waals surface area contributed by atoms with E-state index in [1.807, 2.05) is 11.3 Å². The summed E-state index contributed by atoms with van der Waals surface area (Å²) in [5.41, 5.74) is 1.35. The summed E-state index contributed by atoms with van der Waals surface area (Å²) in [6.07, 6.45) is 1.12. The van der Waals surface area contributed by atoms with Crippen molar-refractivity contribution < 1.29 is 0 Å². The third kappa shape index (κ3) is 3.56. The first-order chi connectivity index (χ1) is 8.70. The third-order valence-electron chi connectivity index (χ3n) is 3.12. The van der Waals surface area contributed by atoms with Crippen LogP contribution in [0.3, 0.4) is 0 Å². The summed E-state index contributed by atoms with van der Waals surface area (Å²) in [5.74, 6) is 0. The molecular weight excluding hydrogens is 353 g/mol. The molecule has 0 fully saturated rings. The van der Waals surface area contributed by atoms with Gasteiger partial charge in [-0.3, -0.25) is 0 Å². The van der Waals surface area contributed by atoms with Crippen LogP contribution in [0.25, 0.3) is 0 Å². The SMILES string of the molecule is CCC(NC(C)c1ccc(I)cc1)c1cccs1. The van der Waals surface area contributed by atoms with Crippen molar-refractivity contribution in [3.63, 3.8) is 0 Å². The van der Waals surface area contributed by atoms with Crippen LogP contribution in [0.2, 0.25) is 0 Å². The van der Waals surface area contributed by atoms with E-state index in [4.69, 9.17) is 0 Å². The number of rotatable bonds is 5. The quantitative estimate of drug-likeness (QED) is 0.717. The van der Waals surface area contributed by atoms with Crippen LogP contribution in [0.15, 0.2) is 41.8 Å². The first-order valence-electron chi connectivity index (χ1n) is 6.25. The monoisotopic (exact) mass is 371 g/mol. The smallest absolute Gasteiger partial charge is 0.0416 e. The lowest BCUT2D eigenvalue weighted by atomic mass is 10.1. The largest absolute Gasteiger partial charge is 0.303 e. The summed E-state index contributed by atoms with van der Waals surface area (Å²) in [6, 6.07) is 13.9. The van der Waals surface area contributed by atoms with Gasteiger partial charge >= 0.3 is 0 Å². The van der Waals surface area contributed by atoms with Crippen molar-refractivity contribution in [1.29, 1.82) is 0 Å². The van der Waals surface area contributed by atoms with E-state index in [9.17, 15) is 0 Å². The minimum Gasteiger partial charge on any atom is -0.303 e. The highest BCUT2D eigenvalue weighted by molar-refractivity contribution is 14.1. The fourth-order valence-electron chi connectivity index (χ4n) is 2.04. The van der Waals surface area contributed by atoms with Gasteiger partial charge in [0.1, 0.15) is 0 Å². The van der Waals surface area contributed by atoms with Crippen LogP contribution in [0.5, 0.6) is 0 Å². The molecule has 3 heteroatoms. The molecule has 96 valence electrons. The average molecular weight is 371 g/mol. The number of hydrogen-bond acceptors (Lipinski definition) is 2. The molecule has 0 bridgehead atoms. The Morgan fingerprint density at radius 3 is 2.50 bits per heavy atom. The lowest BCUT2D eigenvalue weighted by Crippen LogP contribution is -2.23. The summed E-state index contributed by atoms with van der Waals surface area (Å²) >= 11 is 4.17. The third-order valence-corrected chi connectivity index (χ3v) is 4.82. The van der Waals surface area contributed by atoms with Gasteiger partial charge in [-0.1, -0.05) is 25.1 Å². The minimum absolute atomic E-state index is 0.383. The van der Waals surface area contributed by atoms with Gasteiger partial charge in [-0.15, -0.1) is 11.3 Å². The van der Waals surface area contributed by atoms with E-state index in [2.05, 4.69) is 83.5 Å². The van der Waals surface area contributed by atoms with Crippen LogP contribution in [-0.4, -0.2) is 0 Å². The zero-order valence-corrected chi connectivity index (χ0v) is 13.7. The molecule has 1 heterocycles. The molecule has 1 aromatic carbocycles. The van der Waals surface area contributed by atoms with Crippen molar-refractivity contribution in [3.8, 4) is 0 Å². The number of nitrogens with one attached hydrogen (secondary N) is 1. The Bertz CT molecular complexity index is 464. The standard InChI is InChI=1S/C15H18INS/c1-3-14(15-5-4-10-18-15)17-11(2)12-6-8-13(16)9-7-12/h4-11,14,17H,3H2,1-2H3. The van der Waals surface area contributed by atoms with E-state index >= 15 is 0 Å². The molecule has 0 aliphatic heterocycles. The van der Waals surface area contributed by atoms with E-state index < -0.39 is 0 Å². The van der Waals surface area contributed by atoms with Gasteiger partial charge in [0.15, 0.2) is 0 Å². The molecule has 1 aromatic heterocycles. The second-order valence-electron chi connectivity index (χ2n) is 4.42. The van der Waals surface area contributed by atoms with E-state index in [0.29, 0.717) is 12.1 Å². The van der Waals surface area contributed by atoms with Crippen LogP contribution >= 0.6 is 33.9 Å². The normalized spacial score (nSPS) is 14.4. The van der Waals surface area contributed by atoms with E-state index in [0.717, 1.165) is 6.42 Å². The van der Waals surface area contributed by atoms with Crippen molar-refractivity contribution in [3.05, 3.63) is 55.8 Å². The maximum atomic E-state index is 3.71. The molecule has 1 nitrogen and oxygen atoms in total. The molecule has 0 amide bonds. The zero-order valence-electron chi connectivity index (χ0n) is 10.7. The molecular formula is C15H18INS. The Morgan fingerprint density at radius 2 is 1.94 bits per heavy atom. The molecule has 0 spiro atoms. The molecule has 0 saturated carbocycles. The van der Waals surface area contributed by atoms with Gasteiger partial charge in [0.05, 0.1) is 0 Å². The summed E-state index contributed by atoms with van der Waals surface area (Å²) in [5, 5.41) is 5.86. The fraction of sp³-hybridized carbons (Fsp3) is 0.333. The Balaban J connectivity index is 2.05. The Morgan fingerprint density at radius 1 is 1.22 bits per heavy atom. The van der Waals surface area contributed by atoms with Crippen molar-refractivity contribution in [2.75, 3.05) is 0 Å². The van der Waals surface area contributed by atoms with Gasteiger partial charge in [-0.05, 0) is 65.1 Å². The average Bonchev–Trinajstić information content (AvgIpc) is 2.90. The first kappa shape index (κ1) is 14.0. The molecule has 2 unspecified atom stereocenters. The molecule has 2 atom stereocenters. The highest BCUT2D eigenvalue weighted by Gasteiger charge is 2.14. The summed E-state index contributed by atoms with van der Waals surface area (Å²) < 4.78 is 1.29. The molecule has 2 aromatic rings. The number of benzene rings is 1. The van der Waals surface area contributed by atoms with Crippen LogP contribution in [-0.2, 0) is 0 Å². The van der Waals surface area contributed by atoms with Crippen molar-refractivity contribution in [1.82, 2.24) is 5.32 Å². The van der Waals surface area contributed by atoms with Crippen LogP contribution in [0.4, 0.5) is 0 Å². The first-order valence-corrected chi connectivity index (χ1v) is 8.21. The van der Waals surface area contributed by atoms with Crippen LogP contribution < -0.4 is 5.32 Å². The highest BCUT2D eigenvalue weighted by Crippen LogP contribution is 2.25. The Kier molecular flexibility index (Phi) is 5.21. The molecule has 0 aliphatic carbocycles. The lowest BCUT2D eigenvalue weighted by Gasteiger charge is -2.21. The molecule has 0 saturated heterocycles. The zero-order chi connectivity index (χ0) is 13.0. The topological polar surface area (TPSA) is 12.0 Å².